The highest BCUT2D eigenvalue weighted by Gasteiger charge is 2.01. The molecule has 4 heteroatoms. The molecule has 0 radical (unpaired) electrons. The van der Waals surface area contributed by atoms with E-state index in [1.807, 2.05) is 0 Å². The number of ether oxygens (including phenoxy) is 1. The number of Topliss-reactive ketones (excluding diaryl/α,β-unsaturated/α-hetero) is 1. The zero-order chi connectivity index (χ0) is 11.3. The smallest absolute Gasteiger partial charge is 0.142 e. The van der Waals surface area contributed by atoms with Crippen LogP contribution < -0.4 is 4.74 Å². The number of carbonyl (C=O) groups is 1. The van der Waals surface area contributed by atoms with Gasteiger partial charge in [0.05, 0.1) is 11.6 Å². The Bertz CT molecular complexity index is 352. The minimum Gasteiger partial charge on any atom is -0.494 e. The number of hydrogen-bond donors (Lipinski definition) is 0. The fourth-order valence-corrected chi connectivity index (χ4v) is 1.25. The predicted molar refractivity (Wildman–Crippen MR) is 56.8 cm³/mol. The third-order valence-electron chi connectivity index (χ3n) is 1.83. The Morgan fingerprint density at radius 3 is 2.87 bits per heavy atom. The summed E-state index contributed by atoms with van der Waals surface area (Å²) < 4.78 is 18.0. The number of benzene rings is 1. The molecule has 1 aromatic rings. The van der Waals surface area contributed by atoms with E-state index in [-0.39, 0.29) is 10.8 Å². The van der Waals surface area contributed by atoms with E-state index in [0.717, 1.165) is 0 Å². The average molecular weight is 231 g/mol. The molecule has 0 fully saturated rings. The Labute approximate surface area is 93.0 Å². The molecule has 0 spiro atoms. The molecule has 0 unspecified atom stereocenters. The van der Waals surface area contributed by atoms with Crippen molar-refractivity contribution in [2.75, 3.05) is 6.61 Å². The van der Waals surface area contributed by atoms with Crippen LogP contribution in [0.1, 0.15) is 19.8 Å². The van der Waals surface area contributed by atoms with Crippen LogP contribution in [0.5, 0.6) is 5.75 Å². The van der Waals surface area contributed by atoms with E-state index < -0.39 is 5.82 Å². The van der Waals surface area contributed by atoms with Crippen LogP contribution in [-0.4, -0.2) is 12.4 Å². The molecule has 0 bridgehead atoms. The summed E-state index contributed by atoms with van der Waals surface area (Å²) in [5.74, 6) is 0.188. The fourth-order valence-electron chi connectivity index (χ4n) is 1.08. The fraction of sp³-hybridized carbons (Fsp3) is 0.364. The Hall–Kier alpha value is -1.09. The summed E-state index contributed by atoms with van der Waals surface area (Å²) in [4.78, 5) is 10.6. The number of hydrogen-bond acceptors (Lipinski definition) is 2. The lowest BCUT2D eigenvalue weighted by Crippen LogP contribution is -2.00. The molecule has 0 heterocycles. The maximum absolute atomic E-state index is 12.8. The molecule has 82 valence electrons. The third-order valence-corrected chi connectivity index (χ3v) is 2.12. The van der Waals surface area contributed by atoms with Gasteiger partial charge in [-0.1, -0.05) is 11.6 Å². The second kappa shape index (κ2) is 5.71. The van der Waals surface area contributed by atoms with Crippen LogP contribution >= 0.6 is 11.6 Å². The molecule has 0 aliphatic carbocycles. The van der Waals surface area contributed by atoms with Gasteiger partial charge in [-0.2, -0.15) is 0 Å². The lowest BCUT2D eigenvalue weighted by atomic mass is 10.2. The molecule has 2 nitrogen and oxygen atoms in total. The van der Waals surface area contributed by atoms with Crippen molar-refractivity contribution in [3.8, 4) is 5.75 Å². The van der Waals surface area contributed by atoms with E-state index in [1.165, 1.54) is 25.1 Å². The minimum absolute atomic E-state index is 0.0408. The van der Waals surface area contributed by atoms with E-state index in [0.29, 0.717) is 25.2 Å². The van der Waals surface area contributed by atoms with Crippen LogP contribution in [-0.2, 0) is 4.79 Å². The number of rotatable bonds is 5. The van der Waals surface area contributed by atoms with Crippen molar-refractivity contribution in [3.63, 3.8) is 0 Å². The largest absolute Gasteiger partial charge is 0.494 e. The molecule has 0 aromatic heterocycles. The Balaban J connectivity index is 2.38. The van der Waals surface area contributed by atoms with Gasteiger partial charge >= 0.3 is 0 Å². The van der Waals surface area contributed by atoms with Crippen molar-refractivity contribution in [1.29, 1.82) is 0 Å². The summed E-state index contributed by atoms with van der Waals surface area (Å²) in [5.41, 5.74) is 0. The molecule has 0 aliphatic heterocycles. The monoisotopic (exact) mass is 230 g/mol. The molecule has 0 amide bonds. The van der Waals surface area contributed by atoms with Gasteiger partial charge in [-0.3, -0.25) is 0 Å². The van der Waals surface area contributed by atoms with Crippen LogP contribution in [0.4, 0.5) is 4.39 Å². The summed E-state index contributed by atoms with van der Waals surface area (Å²) in [6.07, 6.45) is 1.15. The van der Waals surface area contributed by atoms with Crippen LogP contribution in [0.2, 0.25) is 5.02 Å². The summed E-state index contributed by atoms with van der Waals surface area (Å²) in [6, 6.07) is 4.18. The van der Waals surface area contributed by atoms with Gasteiger partial charge in [-0.25, -0.2) is 4.39 Å². The number of halogens is 2. The summed E-state index contributed by atoms with van der Waals surface area (Å²) in [6.45, 7) is 1.97. The molecular formula is C11H12ClFO2. The first-order chi connectivity index (χ1) is 7.09. The quantitative estimate of drug-likeness (QED) is 0.726. The molecule has 15 heavy (non-hydrogen) atoms. The molecule has 0 aliphatic rings. The lowest BCUT2D eigenvalue weighted by Gasteiger charge is -2.05. The highest BCUT2D eigenvalue weighted by atomic mass is 35.5. The lowest BCUT2D eigenvalue weighted by molar-refractivity contribution is -0.117. The zero-order valence-corrected chi connectivity index (χ0v) is 9.18. The molecular weight excluding hydrogens is 219 g/mol. The SMILES string of the molecule is CC(=O)CCCOc1ccc(F)c(Cl)c1. The number of carbonyl (C=O) groups excluding carboxylic acids is 1. The van der Waals surface area contributed by atoms with Gasteiger partial charge in [-0.15, -0.1) is 0 Å². The average Bonchev–Trinajstić information content (AvgIpc) is 2.18. The van der Waals surface area contributed by atoms with Crippen LogP contribution in [0, 0.1) is 5.82 Å². The van der Waals surface area contributed by atoms with Crippen LogP contribution in [0.25, 0.3) is 0 Å². The Kier molecular flexibility index (Phi) is 4.56. The summed E-state index contributed by atoms with van der Waals surface area (Å²) >= 11 is 5.57. The normalized spacial score (nSPS) is 10.1. The standard InChI is InChI=1S/C11H12ClFO2/c1-8(14)3-2-6-15-9-4-5-11(13)10(12)7-9/h4-5,7H,2-3,6H2,1H3. The Morgan fingerprint density at radius 1 is 1.53 bits per heavy atom. The molecule has 0 atom stereocenters. The van der Waals surface area contributed by atoms with Crippen molar-refractivity contribution in [1.82, 2.24) is 0 Å². The summed E-state index contributed by atoms with van der Waals surface area (Å²) in [7, 11) is 0. The molecule has 0 N–H and O–H groups in total. The molecule has 1 aromatic carbocycles. The van der Waals surface area contributed by atoms with Gasteiger partial charge in [-0.05, 0) is 25.5 Å². The highest BCUT2D eigenvalue weighted by Crippen LogP contribution is 2.21. The van der Waals surface area contributed by atoms with Crippen molar-refractivity contribution >= 4 is 17.4 Å². The van der Waals surface area contributed by atoms with E-state index in [4.69, 9.17) is 16.3 Å². The molecule has 0 saturated heterocycles. The van der Waals surface area contributed by atoms with Gasteiger partial charge in [0.2, 0.25) is 0 Å². The summed E-state index contributed by atoms with van der Waals surface area (Å²) in [5, 5.41) is 0.0408. The first-order valence-corrected chi connectivity index (χ1v) is 5.04. The van der Waals surface area contributed by atoms with E-state index in [9.17, 15) is 9.18 Å². The second-order valence-electron chi connectivity index (χ2n) is 3.23. The van der Waals surface area contributed by atoms with Gasteiger partial charge in [0.25, 0.3) is 0 Å². The predicted octanol–water partition coefficient (Wildman–Crippen LogP) is 3.23. The van der Waals surface area contributed by atoms with E-state index >= 15 is 0 Å². The van der Waals surface area contributed by atoms with E-state index in [2.05, 4.69) is 0 Å². The first-order valence-electron chi connectivity index (χ1n) is 4.67. The highest BCUT2D eigenvalue weighted by molar-refractivity contribution is 6.30. The number of ketones is 1. The molecule has 0 saturated carbocycles. The van der Waals surface area contributed by atoms with Gasteiger partial charge in [0.1, 0.15) is 17.3 Å². The second-order valence-corrected chi connectivity index (χ2v) is 3.64. The first kappa shape index (κ1) is 12.0. The molecule has 1 rings (SSSR count). The van der Waals surface area contributed by atoms with Gasteiger partial charge in [0, 0.05) is 12.5 Å². The third kappa shape index (κ3) is 4.30. The van der Waals surface area contributed by atoms with Crippen molar-refractivity contribution < 1.29 is 13.9 Å². The van der Waals surface area contributed by atoms with Crippen molar-refractivity contribution in [2.24, 2.45) is 0 Å². The maximum atomic E-state index is 12.8. The van der Waals surface area contributed by atoms with Crippen LogP contribution in [0.15, 0.2) is 18.2 Å². The maximum Gasteiger partial charge on any atom is 0.142 e. The van der Waals surface area contributed by atoms with Crippen molar-refractivity contribution in [2.45, 2.75) is 19.8 Å². The Morgan fingerprint density at radius 2 is 2.27 bits per heavy atom. The topological polar surface area (TPSA) is 26.3 Å². The van der Waals surface area contributed by atoms with Gasteiger partial charge < -0.3 is 9.53 Å². The minimum atomic E-state index is -0.465. The zero-order valence-electron chi connectivity index (χ0n) is 8.43. The van der Waals surface area contributed by atoms with Crippen LogP contribution in [0.3, 0.4) is 0 Å². The van der Waals surface area contributed by atoms with Gasteiger partial charge in [0.15, 0.2) is 0 Å². The van der Waals surface area contributed by atoms with E-state index in [1.54, 1.807) is 0 Å². The van der Waals surface area contributed by atoms with Crippen molar-refractivity contribution in [3.05, 3.63) is 29.0 Å².